The van der Waals surface area contributed by atoms with E-state index in [-0.39, 0.29) is 5.91 Å². The predicted octanol–water partition coefficient (Wildman–Crippen LogP) is 1.39. The van der Waals surface area contributed by atoms with Gasteiger partial charge in [-0.3, -0.25) is 9.69 Å². The summed E-state index contributed by atoms with van der Waals surface area (Å²) in [4.78, 5) is 17.9. The zero-order valence-electron chi connectivity index (χ0n) is 11.6. The van der Waals surface area contributed by atoms with E-state index in [2.05, 4.69) is 27.7 Å². The molecular weight excluding hydrogens is 258 g/mol. The van der Waals surface area contributed by atoms with E-state index in [0.717, 1.165) is 45.7 Å². The Balaban J connectivity index is 1.79. The van der Waals surface area contributed by atoms with Crippen LogP contribution in [0.2, 0.25) is 0 Å². The Hall–Kier alpha value is -0.910. The lowest BCUT2D eigenvalue weighted by Gasteiger charge is -2.21. The zero-order valence-corrected chi connectivity index (χ0v) is 12.4. The van der Waals surface area contributed by atoms with E-state index in [0.29, 0.717) is 6.42 Å². The second kappa shape index (κ2) is 7.62. The summed E-state index contributed by atoms with van der Waals surface area (Å²) in [6, 6.07) is 4.29. The maximum atomic E-state index is 12.0. The minimum absolute atomic E-state index is 0.285. The molecule has 1 fully saturated rings. The lowest BCUT2D eigenvalue weighted by Crippen LogP contribution is -2.36. The molecule has 0 saturated carbocycles. The van der Waals surface area contributed by atoms with Crippen molar-refractivity contribution in [2.75, 3.05) is 39.8 Å². The van der Waals surface area contributed by atoms with Crippen molar-refractivity contribution < 1.29 is 4.79 Å². The van der Waals surface area contributed by atoms with Crippen molar-refractivity contribution in [2.24, 2.45) is 0 Å². The minimum atomic E-state index is 0.285. The van der Waals surface area contributed by atoms with Crippen LogP contribution in [0.1, 0.15) is 17.7 Å². The number of carbonyl (C=O) groups is 1. The summed E-state index contributed by atoms with van der Waals surface area (Å²) in [5, 5.41) is 5.16. The molecule has 106 valence electrons. The van der Waals surface area contributed by atoms with E-state index >= 15 is 0 Å². The summed E-state index contributed by atoms with van der Waals surface area (Å²) in [6.07, 6.45) is 1.69. The molecular formula is C14H23N3OS. The van der Waals surface area contributed by atoms with Gasteiger partial charge in [0.05, 0.1) is 0 Å². The van der Waals surface area contributed by atoms with Gasteiger partial charge in [0, 0.05) is 50.6 Å². The molecule has 2 heterocycles. The van der Waals surface area contributed by atoms with Crippen molar-refractivity contribution >= 4 is 17.2 Å². The molecule has 19 heavy (non-hydrogen) atoms. The van der Waals surface area contributed by atoms with Gasteiger partial charge in [-0.2, -0.15) is 0 Å². The molecule has 4 nitrogen and oxygen atoms in total. The van der Waals surface area contributed by atoms with Gasteiger partial charge in [-0.05, 0) is 24.9 Å². The van der Waals surface area contributed by atoms with Gasteiger partial charge >= 0.3 is 0 Å². The molecule has 1 N–H and O–H groups in total. The van der Waals surface area contributed by atoms with Crippen LogP contribution in [0.25, 0.3) is 0 Å². The van der Waals surface area contributed by atoms with E-state index in [9.17, 15) is 4.79 Å². The van der Waals surface area contributed by atoms with E-state index in [1.807, 2.05) is 23.3 Å². The Kier molecular flexibility index (Phi) is 5.82. The molecule has 1 aromatic rings. The Labute approximate surface area is 119 Å². The molecule has 0 aromatic carbocycles. The SMILES string of the molecule is CNCCC(=O)N1CCCN(Cc2cccs2)CC1. The second-order valence-corrected chi connectivity index (χ2v) is 5.98. The first-order chi connectivity index (χ1) is 9.29. The molecule has 0 bridgehead atoms. The maximum Gasteiger partial charge on any atom is 0.223 e. The van der Waals surface area contributed by atoms with Crippen molar-refractivity contribution in [1.82, 2.24) is 15.1 Å². The van der Waals surface area contributed by atoms with Gasteiger partial charge in [0.2, 0.25) is 5.91 Å². The number of nitrogens with zero attached hydrogens (tertiary/aromatic N) is 2. The second-order valence-electron chi connectivity index (χ2n) is 4.94. The Bertz CT molecular complexity index is 380. The molecule has 1 amide bonds. The highest BCUT2D eigenvalue weighted by molar-refractivity contribution is 7.09. The van der Waals surface area contributed by atoms with E-state index in [1.54, 1.807) is 0 Å². The van der Waals surface area contributed by atoms with Crippen LogP contribution in [0, 0.1) is 0 Å². The molecule has 0 atom stereocenters. The first-order valence-electron chi connectivity index (χ1n) is 6.96. The van der Waals surface area contributed by atoms with Crippen LogP contribution < -0.4 is 5.32 Å². The van der Waals surface area contributed by atoms with Gasteiger partial charge in [-0.1, -0.05) is 6.07 Å². The number of nitrogens with one attached hydrogen (secondary N) is 1. The number of carbonyl (C=O) groups excluding carboxylic acids is 1. The van der Waals surface area contributed by atoms with Gasteiger partial charge in [0.1, 0.15) is 0 Å². The van der Waals surface area contributed by atoms with Crippen molar-refractivity contribution in [3.63, 3.8) is 0 Å². The van der Waals surface area contributed by atoms with Crippen LogP contribution in [0.3, 0.4) is 0 Å². The van der Waals surface area contributed by atoms with Crippen LogP contribution in [-0.4, -0.2) is 55.5 Å². The summed E-state index contributed by atoms with van der Waals surface area (Å²) in [5.41, 5.74) is 0. The fraction of sp³-hybridized carbons (Fsp3) is 0.643. The average Bonchev–Trinajstić information content (AvgIpc) is 2.81. The van der Waals surface area contributed by atoms with Gasteiger partial charge in [-0.15, -0.1) is 11.3 Å². The van der Waals surface area contributed by atoms with Crippen molar-refractivity contribution in [3.05, 3.63) is 22.4 Å². The molecule has 1 saturated heterocycles. The molecule has 1 aromatic heterocycles. The molecule has 1 aliphatic rings. The van der Waals surface area contributed by atoms with Crippen LogP contribution in [-0.2, 0) is 11.3 Å². The summed E-state index contributed by atoms with van der Waals surface area (Å²) >= 11 is 1.81. The van der Waals surface area contributed by atoms with E-state index in [1.165, 1.54) is 4.88 Å². The third-order valence-corrected chi connectivity index (χ3v) is 4.35. The summed E-state index contributed by atoms with van der Waals surface area (Å²) in [7, 11) is 1.89. The minimum Gasteiger partial charge on any atom is -0.341 e. The average molecular weight is 281 g/mol. The number of rotatable bonds is 5. The Morgan fingerprint density at radius 1 is 1.37 bits per heavy atom. The maximum absolute atomic E-state index is 12.0. The van der Waals surface area contributed by atoms with Gasteiger partial charge in [0.15, 0.2) is 0 Å². The molecule has 5 heteroatoms. The monoisotopic (exact) mass is 281 g/mol. The quantitative estimate of drug-likeness (QED) is 0.886. The molecule has 0 aliphatic carbocycles. The Morgan fingerprint density at radius 3 is 3.00 bits per heavy atom. The molecule has 1 aliphatic heterocycles. The molecule has 0 unspecified atom stereocenters. The predicted molar refractivity (Wildman–Crippen MR) is 79.3 cm³/mol. The zero-order chi connectivity index (χ0) is 13.5. The van der Waals surface area contributed by atoms with Crippen molar-refractivity contribution in [2.45, 2.75) is 19.4 Å². The largest absolute Gasteiger partial charge is 0.341 e. The van der Waals surface area contributed by atoms with Crippen LogP contribution in [0.5, 0.6) is 0 Å². The van der Waals surface area contributed by atoms with Crippen LogP contribution in [0.15, 0.2) is 17.5 Å². The lowest BCUT2D eigenvalue weighted by atomic mass is 10.3. The fourth-order valence-electron chi connectivity index (χ4n) is 2.39. The molecule has 2 rings (SSSR count). The number of amides is 1. The molecule has 0 radical (unpaired) electrons. The van der Waals surface area contributed by atoms with Crippen LogP contribution >= 0.6 is 11.3 Å². The summed E-state index contributed by atoms with van der Waals surface area (Å²) < 4.78 is 0. The van der Waals surface area contributed by atoms with Crippen molar-refractivity contribution in [3.8, 4) is 0 Å². The van der Waals surface area contributed by atoms with E-state index in [4.69, 9.17) is 0 Å². The summed E-state index contributed by atoms with van der Waals surface area (Å²) in [5.74, 6) is 0.285. The third kappa shape index (κ3) is 4.60. The first-order valence-corrected chi connectivity index (χ1v) is 7.84. The normalized spacial score (nSPS) is 17.4. The highest BCUT2D eigenvalue weighted by atomic mass is 32.1. The van der Waals surface area contributed by atoms with Gasteiger partial charge in [0.25, 0.3) is 0 Å². The number of hydrogen-bond donors (Lipinski definition) is 1. The Morgan fingerprint density at radius 2 is 2.26 bits per heavy atom. The van der Waals surface area contributed by atoms with Crippen molar-refractivity contribution in [1.29, 1.82) is 0 Å². The first kappa shape index (κ1) is 14.5. The summed E-state index contributed by atoms with van der Waals surface area (Å²) in [6.45, 7) is 5.65. The van der Waals surface area contributed by atoms with Gasteiger partial charge in [-0.25, -0.2) is 0 Å². The number of hydrogen-bond acceptors (Lipinski definition) is 4. The smallest absolute Gasteiger partial charge is 0.223 e. The highest BCUT2D eigenvalue weighted by Crippen LogP contribution is 2.14. The lowest BCUT2D eigenvalue weighted by molar-refractivity contribution is -0.130. The fourth-order valence-corrected chi connectivity index (χ4v) is 3.14. The third-order valence-electron chi connectivity index (χ3n) is 3.49. The molecule has 0 spiro atoms. The topological polar surface area (TPSA) is 35.6 Å². The van der Waals surface area contributed by atoms with Gasteiger partial charge < -0.3 is 10.2 Å². The number of thiophene rings is 1. The van der Waals surface area contributed by atoms with Crippen LogP contribution in [0.4, 0.5) is 0 Å². The van der Waals surface area contributed by atoms with E-state index < -0.39 is 0 Å². The highest BCUT2D eigenvalue weighted by Gasteiger charge is 2.18. The standard InChI is InChI=1S/C14H23N3OS/c1-15-6-5-14(18)17-8-3-7-16(9-10-17)12-13-4-2-11-19-13/h2,4,11,15H,3,5-10,12H2,1H3.